The lowest BCUT2D eigenvalue weighted by atomic mass is 10.3. The van der Waals surface area contributed by atoms with Crippen molar-refractivity contribution >= 4 is 0 Å². The van der Waals surface area contributed by atoms with Crippen LogP contribution in [0.25, 0.3) is 11.5 Å². The van der Waals surface area contributed by atoms with Crippen molar-refractivity contribution in [2.75, 3.05) is 26.2 Å². The summed E-state index contributed by atoms with van der Waals surface area (Å²) < 4.78 is 4.34. The van der Waals surface area contributed by atoms with Crippen molar-refractivity contribution in [2.45, 2.75) is 32.5 Å². The molecule has 2 aliphatic rings. The van der Waals surface area contributed by atoms with E-state index in [0.29, 0.717) is 0 Å². The van der Waals surface area contributed by atoms with E-state index in [9.17, 15) is 0 Å². The Balaban J connectivity index is 1.52. The molecule has 2 aromatic heterocycles. The van der Waals surface area contributed by atoms with Crippen LogP contribution < -0.4 is 5.32 Å². The van der Waals surface area contributed by atoms with Gasteiger partial charge in [-0.1, -0.05) is 0 Å². The topological polar surface area (TPSA) is 50.9 Å². The monoisotopic (exact) mass is 286 g/mol. The maximum atomic E-state index is 4.71. The molecule has 0 unspecified atom stereocenters. The van der Waals surface area contributed by atoms with Gasteiger partial charge in [-0.15, -0.1) is 0 Å². The zero-order chi connectivity index (χ0) is 14.1. The van der Waals surface area contributed by atoms with Crippen LogP contribution in [0, 0.1) is 0 Å². The maximum Gasteiger partial charge on any atom is 0.160 e. The van der Waals surface area contributed by atoms with Crippen LogP contribution >= 0.6 is 0 Å². The normalized spacial score (nSPS) is 19.0. The summed E-state index contributed by atoms with van der Waals surface area (Å²) in [6, 6.07) is 2.17. The Labute approximate surface area is 124 Å². The molecule has 112 valence electrons. The third-order valence-electron chi connectivity index (χ3n) is 4.47. The van der Waals surface area contributed by atoms with Gasteiger partial charge in [-0.25, -0.2) is 4.98 Å². The number of hydrogen-bond acceptors (Lipinski definition) is 4. The van der Waals surface area contributed by atoms with Gasteiger partial charge in [0.2, 0.25) is 0 Å². The van der Waals surface area contributed by atoms with E-state index in [1.807, 2.05) is 6.20 Å². The molecule has 1 N–H and O–H groups in total. The van der Waals surface area contributed by atoms with Gasteiger partial charge in [0.05, 0.1) is 12.2 Å². The van der Waals surface area contributed by atoms with Crippen LogP contribution in [0.2, 0.25) is 0 Å². The van der Waals surface area contributed by atoms with Crippen molar-refractivity contribution in [1.29, 1.82) is 0 Å². The minimum absolute atomic E-state index is 0.904. The molecule has 0 radical (unpaired) electrons. The van der Waals surface area contributed by atoms with Gasteiger partial charge in [0.25, 0.3) is 0 Å². The summed E-state index contributed by atoms with van der Waals surface area (Å²) in [6.45, 7) is 7.44. The number of aromatic nitrogens is 4. The number of fused-ring (bicyclic) bond motifs is 1. The summed E-state index contributed by atoms with van der Waals surface area (Å²) in [5, 5.41) is 8.10. The first-order valence-corrected chi connectivity index (χ1v) is 7.91. The summed E-state index contributed by atoms with van der Waals surface area (Å²) >= 11 is 0. The first-order chi connectivity index (χ1) is 10.4. The molecule has 0 aromatic carbocycles. The van der Waals surface area contributed by atoms with E-state index in [0.717, 1.165) is 44.2 Å². The quantitative estimate of drug-likeness (QED) is 0.909. The lowest BCUT2D eigenvalue weighted by Crippen LogP contribution is -2.28. The molecule has 0 saturated carbocycles. The number of rotatable bonds is 4. The third kappa shape index (κ3) is 2.61. The molecule has 2 aliphatic heterocycles. The predicted octanol–water partition coefficient (Wildman–Crippen LogP) is 0.946. The van der Waals surface area contributed by atoms with Crippen molar-refractivity contribution < 1.29 is 0 Å². The molecule has 1 fully saturated rings. The highest BCUT2D eigenvalue weighted by atomic mass is 15.3. The zero-order valence-corrected chi connectivity index (χ0v) is 12.3. The Morgan fingerprint density at radius 3 is 2.90 bits per heavy atom. The highest BCUT2D eigenvalue weighted by Gasteiger charge is 2.17. The van der Waals surface area contributed by atoms with Crippen LogP contribution in [-0.4, -0.2) is 50.4 Å². The summed E-state index contributed by atoms with van der Waals surface area (Å²) in [5.74, 6) is 0.996. The molecule has 0 spiro atoms. The molecule has 0 amide bonds. The van der Waals surface area contributed by atoms with E-state index in [-0.39, 0.29) is 0 Å². The van der Waals surface area contributed by atoms with Gasteiger partial charge in [0.1, 0.15) is 5.69 Å². The second-order valence-corrected chi connectivity index (χ2v) is 5.91. The van der Waals surface area contributed by atoms with Gasteiger partial charge in [-0.3, -0.25) is 4.68 Å². The van der Waals surface area contributed by atoms with Crippen LogP contribution in [0.15, 0.2) is 18.5 Å². The average Bonchev–Trinajstić information content (AvgIpc) is 3.24. The highest BCUT2D eigenvalue weighted by Crippen LogP contribution is 2.19. The molecule has 0 atom stereocenters. The Kier molecular flexibility index (Phi) is 3.48. The van der Waals surface area contributed by atoms with Gasteiger partial charge in [-0.2, -0.15) is 5.10 Å². The number of nitrogens with one attached hydrogen (secondary N) is 1. The molecule has 4 heterocycles. The fourth-order valence-corrected chi connectivity index (χ4v) is 3.28. The molecule has 6 heteroatoms. The van der Waals surface area contributed by atoms with E-state index >= 15 is 0 Å². The maximum absolute atomic E-state index is 4.71. The molecular weight excluding hydrogens is 264 g/mol. The number of hydrogen-bond donors (Lipinski definition) is 1. The standard InChI is InChI=1S/C15H22N6/c1-2-6-19(5-1)9-10-20-7-4-17-15(20)14-11-13-12-16-3-8-21(13)18-14/h4,7,11,16H,1-3,5-6,8-10,12H2. The molecule has 6 nitrogen and oxygen atoms in total. The lowest BCUT2D eigenvalue weighted by molar-refractivity contribution is 0.323. The van der Waals surface area contributed by atoms with Crippen molar-refractivity contribution in [3.05, 3.63) is 24.2 Å². The molecule has 21 heavy (non-hydrogen) atoms. The first kappa shape index (κ1) is 13.0. The Bertz CT molecular complexity index is 584. The van der Waals surface area contributed by atoms with E-state index in [4.69, 9.17) is 5.10 Å². The van der Waals surface area contributed by atoms with Gasteiger partial charge < -0.3 is 14.8 Å². The van der Waals surface area contributed by atoms with Gasteiger partial charge in [0, 0.05) is 38.6 Å². The highest BCUT2D eigenvalue weighted by molar-refractivity contribution is 5.50. The lowest BCUT2D eigenvalue weighted by Gasteiger charge is -2.15. The summed E-state index contributed by atoms with van der Waals surface area (Å²) in [4.78, 5) is 7.06. The number of likely N-dealkylation sites (tertiary alicyclic amines) is 1. The van der Waals surface area contributed by atoms with Crippen molar-refractivity contribution in [3.63, 3.8) is 0 Å². The SMILES string of the molecule is c1cn(CCN2CCCC2)c(-c2cc3n(n2)CCNC3)n1. The Morgan fingerprint density at radius 2 is 2.05 bits per heavy atom. The summed E-state index contributed by atoms with van der Waals surface area (Å²) in [6.07, 6.45) is 6.65. The second-order valence-electron chi connectivity index (χ2n) is 5.91. The van der Waals surface area contributed by atoms with E-state index in [1.165, 1.54) is 31.6 Å². The smallest absolute Gasteiger partial charge is 0.160 e. The second kappa shape index (κ2) is 5.61. The zero-order valence-electron chi connectivity index (χ0n) is 12.3. The summed E-state index contributed by atoms with van der Waals surface area (Å²) in [7, 11) is 0. The van der Waals surface area contributed by atoms with Crippen molar-refractivity contribution in [3.8, 4) is 11.5 Å². The van der Waals surface area contributed by atoms with Crippen molar-refractivity contribution in [2.24, 2.45) is 0 Å². The van der Waals surface area contributed by atoms with Gasteiger partial charge >= 0.3 is 0 Å². The Morgan fingerprint density at radius 1 is 1.14 bits per heavy atom. The van der Waals surface area contributed by atoms with Crippen LogP contribution in [0.1, 0.15) is 18.5 Å². The Hall–Kier alpha value is -1.66. The van der Waals surface area contributed by atoms with Gasteiger partial charge in [-0.05, 0) is 32.0 Å². The van der Waals surface area contributed by atoms with Crippen LogP contribution in [0.5, 0.6) is 0 Å². The minimum Gasteiger partial charge on any atom is -0.328 e. The molecular formula is C15H22N6. The van der Waals surface area contributed by atoms with E-state index in [1.54, 1.807) is 0 Å². The molecule has 2 aromatic rings. The first-order valence-electron chi connectivity index (χ1n) is 7.91. The van der Waals surface area contributed by atoms with E-state index in [2.05, 4.69) is 36.7 Å². The van der Waals surface area contributed by atoms with Crippen LogP contribution in [0.3, 0.4) is 0 Å². The summed E-state index contributed by atoms with van der Waals surface area (Å²) in [5.41, 5.74) is 2.26. The fraction of sp³-hybridized carbons (Fsp3) is 0.600. The molecule has 4 rings (SSSR count). The largest absolute Gasteiger partial charge is 0.328 e. The molecule has 1 saturated heterocycles. The number of imidazole rings is 1. The third-order valence-corrected chi connectivity index (χ3v) is 4.47. The van der Waals surface area contributed by atoms with Crippen LogP contribution in [0.4, 0.5) is 0 Å². The minimum atomic E-state index is 0.904. The van der Waals surface area contributed by atoms with E-state index < -0.39 is 0 Å². The number of nitrogens with zero attached hydrogens (tertiary/aromatic N) is 5. The van der Waals surface area contributed by atoms with Crippen LogP contribution in [-0.2, 0) is 19.6 Å². The van der Waals surface area contributed by atoms with Crippen molar-refractivity contribution in [1.82, 2.24) is 29.5 Å². The fourth-order valence-electron chi connectivity index (χ4n) is 3.28. The van der Waals surface area contributed by atoms with Gasteiger partial charge in [0.15, 0.2) is 5.82 Å². The molecule has 0 bridgehead atoms. The molecule has 0 aliphatic carbocycles. The average molecular weight is 286 g/mol. The predicted molar refractivity (Wildman–Crippen MR) is 80.8 cm³/mol.